The molecule has 6 heteroatoms. The second kappa shape index (κ2) is 55.7. The fourth-order valence-corrected chi connectivity index (χ4v) is 9.03. The topological polar surface area (TPSA) is 78.9 Å². The molecular formula is C60H114O6. The van der Waals surface area contributed by atoms with Crippen molar-refractivity contribution in [2.45, 2.75) is 341 Å². The molecule has 0 spiro atoms. The van der Waals surface area contributed by atoms with Gasteiger partial charge in [0.25, 0.3) is 0 Å². The number of esters is 3. The summed E-state index contributed by atoms with van der Waals surface area (Å²) in [7, 11) is 0. The predicted octanol–water partition coefficient (Wildman–Crippen LogP) is 19.7. The standard InChI is InChI=1S/C60H114O6/c1-4-7-10-13-16-19-22-25-28-30-31-33-35-38-41-44-47-50-53-59(62)65-56-57(55-64-58(61)52-49-46-43-40-37-34-27-24-21-18-15-12-9-6-3)66-60(63)54-51-48-45-42-39-36-32-29-26-23-20-17-14-11-8-5-2/h34,37,57H,4-33,35-36,38-56H2,1-3H3/b37-34-. The van der Waals surface area contributed by atoms with Crippen molar-refractivity contribution >= 4 is 17.9 Å². The highest BCUT2D eigenvalue weighted by molar-refractivity contribution is 5.71. The average molecular weight is 932 g/mol. The van der Waals surface area contributed by atoms with Gasteiger partial charge in [-0.05, 0) is 44.9 Å². The third-order valence-corrected chi connectivity index (χ3v) is 13.5. The van der Waals surface area contributed by atoms with Crippen LogP contribution in [0.1, 0.15) is 335 Å². The molecule has 0 aliphatic carbocycles. The molecule has 0 aromatic rings. The summed E-state index contributed by atoms with van der Waals surface area (Å²) in [6.45, 7) is 6.69. The zero-order chi connectivity index (χ0) is 47.9. The number of carbonyl (C=O) groups is 3. The minimum atomic E-state index is -0.770. The maximum Gasteiger partial charge on any atom is 0.306 e. The molecule has 0 bridgehead atoms. The molecule has 0 N–H and O–H groups in total. The molecule has 390 valence electrons. The minimum Gasteiger partial charge on any atom is -0.462 e. The summed E-state index contributed by atoms with van der Waals surface area (Å²) in [5.74, 6) is -0.859. The van der Waals surface area contributed by atoms with Crippen LogP contribution in [0.25, 0.3) is 0 Å². The Hall–Kier alpha value is -1.85. The van der Waals surface area contributed by atoms with Gasteiger partial charge in [-0.2, -0.15) is 0 Å². The summed E-state index contributed by atoms with van der Waals surface area (Å²) in [5.41, 5.74) is 0. The molecule has 0 aromatic heterocycles. The van der Waals surface area contributed by atoms with Gasteiger partial charge in [-0.1, -0.05) is 283 Å². The fourth-order valence-electron chi connectivity index (χ4n) is 9.03. The molecule has 66 heavy (non-hydrogen) atoms. The second-order valence-electron chi connectivity index (χ2n) is 20.3. The smallest absolute Gasteiger partial charge is 0.306 e. The molecular weight excluding hydrogens is 817 g/mol. The number of hydrogen-bond donors (Lipinski definition) is 0. The highest BCUT2D eigenvalue weighted by Crippen LogP contribution is 2.17. The van der Waals surface area contributed by atoms with Crippen LogP contribution in [0.3, 0.4) is 0 Å². The van der Waals surface area contributed by atoms with Gasteiger partial charge in [0.15, 0.2) is 6.10 Å². The van der Waals surface area contributed by atoms with Gasteiger partial charge in [0, 0.05) is 19.3 Å². The Labute approximate surface area is 411 Å². The number of ether oxygens (including phenoxy) is 3. The summed E-state index contributed by atoms with van der Waals surface area (Å²) < 4.78 is 16.9. The number of hydrogen-bond acceptors (Lipinski definition) is 6. The first-order chi connectivity index (χ1) is 32.5. The van der Waals surface area contributed by atoms with E-state index >= 15 is 0 Å². The molecule has 0 aromatic carbocycles. The molecule has 0 aliphatic rings. The average Bonchev–Trinajstić information content (AvgIpc) is 3.31. The van der Waals surface area contributed by atoms with Crippen LogP contribution in [0.5, 0.6) is 0 Å². The fraction of sp³-hybridized carbons (Fsp3) is 0.917. The van der Waals surface area contributed by atoms with E-state index in [1.807, 2.05) is 0 Å². The van der Waals surface area contributed by atoms with Crippen molar-refractivity contribution in [3.63, 3.8) is 0 Å². The Balaban J connectivity index is 4.31. The van der Waals surface area contributed by atoms with E-state index in [0.717, 1.165) is 64.2 Å². The van der Waals surface area contributed by atoms with E-state index in [4.69, 9.17) is 14.2 Å². The van der Waals surface area contributed by atoms with Crippen molar-refractivity contribution in [3.05, 3.63) is 12.2 Å². The van der Waals surface area contributed by atoms with E-state index in [9.17, 15) is 14.4 Å². The van der Waals surface area contributed by atoms with Crippen LogP contribution in [0.2, 0.25) is 0 Å². The van der Waals surface area contributed by atoms with Gasteiger partial charge in [-0.15, -0.1) is 0 Å². The highest BCUT2D eigenvalue weighted by Gasteiger charge is 2.19. The van der Waals surface area contributed by atoms with Gasteiger partial charge in [0.1, 0.15) is 13.2 Å². The van der Waals surface area contributed by atoms with E-state index in [2.05, 4.69) is 32.9 Å². The molecule has 0 saturated carbocycles. The Morgan fingerprint density at radius 3 is 0.773 bits per heavy atom. The van der Waals surface area contributed by atoms with Crippen LogP contribution in [-0.2, 0) is 28.6 Å². The summed E-state index contributed by atoms with van der Waals surface area (Å²) in [6.07, 6.45) is 63.5. The van der Waals surface area contributed by atoms with Gasteiger partial charge in [-0.25, -0.2) is 0 Å². The van der Waals surface area contributed by atoms with Gasteiger partial charge in [-0.3, -0.25) is 14.4 Å². The third kappa shape index (κ3) is 53.1. The third-order valence-electron chi connectivity index (χ3n) is 13.5. The molecule has 0 saturated heterocycles. The van der Waals surface area contributed by atoms with E-state index in [1.54, 1.807) is 0 Å². The molecule has 1 unspecified atom stereocenters. The summed E-state index contributed by atoms with van der Waals surface area (Å²) in [6, 6.07) is 0. The number of rotatable bonds is 55. The van der Waals surface area contributed by atoms with Crippen LogP contribution in [0.15, 0.2) is 12.2 Å². The second-order valence-corrected chi connectivity index (χ2v) is 20.3. The molecule has 0 amide bonds. The lowest BCUT2D eigenvalue weighted by Gasteiger charge is -2.18. The van der Waals surface area contributed by atoms with E-state index in [1.165, 1.54) is 231 Å². The van der Waals surface area contributed by atoms with Crippen molar-refractivity contribution < 1.29 is 28.6 Å². The van der Waals surface area contributed by atoms with Crippen molar-refractivity contribution in [2.75, 3.05) is 13.2 Å². The molecule has 0 radical (unpaired) electrons. The lowest BCUT2D eigenvalue weighted by Crippen LogP contribution is -2.30. The Kier molecular flexibility index (Phi) is 54.2. The van der Waals surface area contributed by atoms with Crippen molar-refractivity contribution in [1.82, 2.24) is 0 Å². The van der Waals surface area contributed by atoms with Crippen LogP contribution in [0.4, 0.5) is 0 Å². The first-order valence-corrected chi connectivity index (χ1v) is 29.7. The molecule has 1 atom stereocenters. The zero-order valence-corrected chi connectivity index (χ0v) is 44.7. The van der Waals surface area contributed by atoms with Gasteiger partial charge in [0.2, 0.25) is 0 Å². The zero-order valence-electron chi connectivity index (χ0n) is 44.7. The van der Waals surface area contributed by atoms with Gasteiger partial charge < -0.3 is 14.2 Å². The number of unbranched alkanes of at least 4 members (excludes halogenated alkanes) is 42. The van der Waals surface area contributed by atoms with Crippen molar-refractivity contribution in [2.24, 2.45) is 0 Å². The largest absolute Gasteiger partial charge is 0.462 e. The monoisotopic (exact) mass is 931 g/mol. The summed E-state index contributed by atoms with van der Waals surface area (Å²) in [4.78, 5) is 38.2. The van der Waals surface area contributed by atoms with Crippen molar-refractivity contribution in [1.29, 1.82) is 0 Å². The quantitative estimate of drug-likeness (QED) is 0.0262. The first kappa shape index (κ1) is 64.2. The van der Waals surface area contributed by atoms with Crippen LogP contribution < -0.4 is 0 Å². The maximum absolute atomic E-state index is 12.9. The van der Waals surface area contributed by atoms with E-state index in [0.29, 0.717) is 19.3 Å². The van der Waals surface area contributed by atoms with Crippen LogP contribution in [0, 0.1) is 0 Å². The lowest BCUT2D eigenvalue weighted by molar-refractivity contribution is -0.167. The normalized spacial score (nSPS) is 12.0. The summed E-state index contributed by atoms with van der Waals surface area (Å²) in [5, 5.41) is 0. The van der Waals surface area contributed by atoms with Crippen LogP contribution in [-0.4, -0.2) is 37.2 Å². The first-order valence-electron chi connectivity index (χ1n) is 29.7. The summed E-state index contributed by atoms with van der Waals surface area (Å²) >= 11 is 0. The predicted molar refractivity (Wildman–Crippen MR) is 284 cm³/mol. The molecule has 0 heterocycles. The Morgan fingerprint density at radius 2 is 0.500 bits per heavy atom. The van der Waals surface area contributed by atoms with E-state index in [-0.39, 0.29) is 31.1 Å². The maximum atomic E-state index is 12.9. The van der Waals surface area contributed by atoms with E-state index < -0.39 is 6.10 Å². The van der Waals surface area contributed by atoms with Crippen molar-refractivity contribution in [3.8, 4) is 0 Å². The Bertz CT molecular complexity index is 1020. The lowest BCUT2D eigenvalue weighted by atomic mass is 10.0. The SMILES string of the molecule is CCCCCCCCC/C=C\CCCCCC(=O)OCC(COC(=O)CCCCCCCCCCCCCCCCCCCC)OC(=O)CCCCCCCCCCCCCCCCCC. The molecule has 0 rings (SSSR count). The minimum absolute atomic E-state index is 0.0684. The molecule has 0 aliphatic heterocycles. The Morgan fingerprint density at radius 1 is 0.288 bits per heavy atom. The molecule has 6 nitrogen and oxygen atoms in total. The van der Waals surface area contributed by atoms with Gasteiger partial charge in [0.05, 0.1) is 0 Å². The number of allylic oxidation sites excluding steroid dienone is 2. The van der Waals surface area contributed by atoms with Crippen LogP contribution >= 0.6 is 0 Å². The molecule has 0 fully saturated rings. The highest BCUT2D eigenvalue weighted by atomic mass is 16.6. The number of carbonyl (C=O) groups excluding carboxylic acids is 3. The van der Waals surface area contributed by atoms with Gasteiger partial charge >= 0.3 is 17.9 Å².